The Hall–Kier alpha value is -0.240. The van der Waals surface area contributed by atoms with Gasteiger partial charge in [0.2, 0.25) is 0 Å². The molecule has 1 aliphatic rings. The zero-order valence-electron chi connectivity index (χ0n) is 4.95. The lowest BCUT2D eigenvalue weighted by Crippen LogP contribution is -2.18. The lowest BCUT2D eigenvalue weighted by Gasteiger charge is -1.87. The van der Waals surface area contributed by atoms with E-state index in [1.165, 1.54) is 0 Å². The molecule has 3 N–H and O–H groups in total. The van der Waals surface area contributed by atoms with Crippen molar-refractivity contribution in [3.8, 4) is 0 Å². The monoisotopic (exact) mass is 146 g/mol. The van der Waals surface area contributed by atoms with Gasteiger partial charge >= 0.3 is 8.03 Å². The summed E-state index contributed by atoms with van der Waals surface area (Å²) in [6.07, 6.45) is 2.23. The predicted octanol–water partition coefficient (Wildman–Crippen LogP) is 0.582. The normalized spacial score (nSPS) is 42.0. The fourth-order valence-electron chi connectivity index (χ4n) is 0.801. The summed E-state index contributed by atoms with van der Waals surface area (Å²) in [6.45, 7) is 3.48. The van der Waals surface area contributed by atoms with Gasteiger partial charge < -0.3 is 0 Å². The number of hydrogen-bond acceptors (Lipinski definition) is 2. The number of nitrogens with two attached hydrogens (primary N) is 1. The molecule has 4 heteroatoms. The van der Waals surface area contributed by atoms with E-state index in [1.54, 1.807) is 6.08 Å². The van der Waals surface area contributed by atoms with Gasteiger partial charge in [0.15, 0.2) is 0 Å². The molecule has 1 aliphatic carbocycles. The summed E-state index contributed by atoms with van der Waals surface area (Å²) in [5.41, 5.74) is 5.44. The van der Waals surface area contributed by atoms with E-state index < -0.39 is 13.3 Å². The summed E-state index contributed by atoms with van der Waals surface area (Å²) < 4.78 is 10.4. The molecular formula is C5H9NO2P+. The third kappa shape index (κ3) is 0.917. The Kier molecular flexibility index (Phi) is 1.43. The van der Waals surface area contributed by atoms with Crippen molar-refractivity contribution in [1.29, 1.82) is 0 Å². The Morgan fingerprint density at radius 2 is 2.56 bits per heavy atom. The van der Waals surface area contributed by atoms with Crippen molar-refractivity contribution >= 4 is 8.03 Å². The van der Waals surface area contributed by atoms with E-state index >= 15 is 0 Å². The molecule has 1 saturated carbocycles. The molecule has 0 heterocycles. The van der Waals surface area contributed by atoms with Crippen molar-refractivity contribution < 1.29 is 9.46 Å². The van der Waals surface area contributed by atoms with E-state index in [2.05, 4.69) is 6.58 Å². The molecule has 1 rings (SSSR count). The highest BCUT2D eigenvalue weighted by atomic mass is 31.1. The minimum absolute atomic E-state index is 0.0473. The fourth-order valence-corrected chi connectivity index (χ4v) is 1.54. The van der Waals surface area contributed by atoms with Crippen molar-refractivity contribution in [2.75, 3.05) is 0 Å². The first-order valence-corrected chi connectivity index (χ1v) is 3.90. The van der Waals surface area contributed by atoms with Crippen LogP contribution in [0.25, 0.3) is 0 Å². The molecule has 0 amide bonds. The summed E-state index contributed by atoms with van der Waals surface area (Å²) in [4.78, 5) is 8.59. The highest BCUT2D eigenvalue weighted by molar-refractivity contribution is 7.40. The van der Waals surface area contributed by atoms with Crippen LogP contribution in [0, 0.1) is 5.92 Å². The Morgan fingerprint density at radius 3 is 2.67 bits per heavy atom. The third-order valence-electron chi connectivity index (χ3n) is 1.67. The van der Waals surface area contributed by atoms with Gasteiger partial charge in [-0.15, -0.1) is 6.58 Å². The quantitative estimate of drug-likeness (QED) is 0.442. The van der Waals surface area contributed by atoms with E-state index in [1.807, 2.05) is 0 Å². The van der Waals surface area contributed by atoms with Crippen LogP contribution in [-0.4, -0.2) is 10.2 Å². The van der Waals surface area contributed by atoms with Crippen LogP contribution in [0.1, 0.15) is 6.42 Å². The lowest BCUT2D eigenvalue weighted by atomic mass is 10.4. The Labute approximate surface area is 54.4 Å². The van der Waals surface area contributed by atoms with Crippen LogP contribution >= 0.6 is 8.03 Å². The van der Waals surface area contributed by atoms with Gasteiger partial charge in [-0.25, -0.2) is 0 Å². The van der Waals surface area contributed by atoms with Crippen LogP contribution < -0.4 is 5.73 Å². The predicted molar refractivity (Wildman–Crippen MR) is 35.0 cm³/mol. The second kappa shape index (κ2) is 1.87. The first kappa shape index (κ1) is 6.87. The van der Waals surface area contributed by atoms with Gasteiger partial charge in [-0.1, -0.05) is 6.08 Å². The van der Waals surface area contributed by atoms with E-state index in [0.717, 1.165) is 0 Å². The maximum atomic E-state index is 10.4. The van der Waals surface area contributed by atoms with E-state index in [9.17, 15) is 4.57 Å². The Balaban J connectivity index is 2.62. The van der Waals surface area contributed by atoms with Gasteiger partial charge in [-0.3, -0.25) is 5.73 Å². The molecule has 50 valence electrons. The zero-order chi connectivity index (χ0) is 7.07. The molecule has 0 bridgehead atoms. The van der Waals surface area contributed by atoms with Crippen LogP contribution in [0.3, 0.4) is 0 Å². The summed E-state index contributed by atoms with van der Waals surface area (Å²) >= 11 is 0. The Bertz CT molecular complexity index is 170. The maximum Gasteiger partial charge on any atom is 0.528 e. The molecule has 0 saturated heterocycles. The van der Waals surface area contributed by atoms with E-state index in [-0.39, 0.29) is 5.92 Å². The number of rotatable bonds is 2. The molecule has 0 aromatic carbocycles. The average Bonchev–Trinajstić information content (AvgIpc) is 2.44. The standard InChI is InChI=1S/C5H8NO2P/c1-2-4-3-5(4,6)9(7)8/h2,4H,1,3,6H2/p+1/t4-,5+/m1/s1. The first-order chi connectivity index (χ1) is 4.11. The highest BCUT2D eigenvalue weighted by Gasteiger charge is 2.65. The first-order valence-electron chi connectivity index (χ1n) is 2.69. The van der Waals surface area contributed by atoms with Crippen molar-refractivity contribution in [3.63, 3.8) is 0 Å². The van der Waals surface area contributed by atoms with Crippen LogP contribution in [0.2, 0.25) is 0 Å². The molecule has 3 nitrogen and oxygen atoms in total. The summed E-state index contributed by atoms with van der Waals surface area (Å²) in [7, 11) is -2.22. The largest absolute Gasteiger partial charge is 0.528 e. The molecule has 9 heavy (non-hydrogen) atoms. The molecule has 0 aromatic heterocycles. The van der Waals surface area contributed by atoms with Crippen molar-refractivity contribution in [2.24, 2.45) is 11.7 Å². The molecule has 3 atom stereocenters. The molecule has 0 radical (unpaired) electrons. The summed E-state index contributed by atoms with van der Waals surface area (Å²) in [6, 6.07) is 0. The van der Waals surface area contributed by atoms with Crippen LogP contribution in [0.4, 0.5) is 0 Å². The topological polar surface area (TPSA) is 63.3 Å². The fraction of sp³-hybridized carbons (Fsp3) is 0.600. The van der Waals surface area contributed by atoms with Crippen molar-refractivity contribution in [2.45, 2.75) is 11.7 Å². The van der Waals surface area contributed by atoms with Crippen molar-refractivity contribution in [3.05, 3.63) is 12.7 Å². The van der Waals surface area contributed by atoms with E-state index in [4.69, 9.17) is 10.6 Å². The highest BCUT2D eigenvalue weighted by Crippen LogP contribution is 2.55. The molecule has 1 unspecified atom stereocenters. The van der Waals surface area contributed by atoms with Crippen LogP contribution in [-0.2, 0) is 4.57 Å². The summed E-state index contributed by atoms with van der Waals surface area (Å²) in [5.74, 6) is 0.0473. The third-order valence-corrected chi connectivity index (χ3v) is 2.90. The van der Waals surface area contributed by atoms with Crippen LogP contribution in [0.15, 0.2) is 12.7 Å². The minimum Gasteiger partial charge on any atom is -0.282 e. The van der Waals surface area contributed by atoms with Gasteiger partial charge in [-0.2, -0.15) is 4.89 Å². The Morgan fingerprint density at radius 1 is 2.00 bits per heavy atom. The molecule has 1 fully saturated rings. The minimum atomic E-state index is -2.22. The molecular weight excluding hydrogens is 137 g/mol. The van der Waals surface area contributed by atoms with Crippen LogP contribution in [0.5, 0.6) is 0 Å². The van der Waals surface area contributed by atoms with Gasteiger partial charge in [-0.05, 0) is 4.57 Å². The van der Waals surface area contributed by atoms with Gasteiger partial charge in [0, 0.05) is 12.3 Å². The number of hydrogen-bond donors (Lipinski definition) is 2. The van der Waals surface area contributed by atoms with E-state index in [0.29, 0.717) is 6.42 Å². The van der Waals surface area contributed by atoms with Gasteiger partial charge in [0.05, 0.1) is 0 Å². The average molecular weight is 146 g/mol. The second-order valence-electron chi connectivity index (χ2n) is 2.31. The SMILES string of the molecule is C=C[C@@H]1C[C@]1(N)[P+](=O)O. The van der Waals surface area contributed by atoms with Crippen molar-refractivity contribution in [1.82, 2.24) is 0 Å². The maximum absolute atomic E-state index is 10.4. The molecule has 0 aromatic rings. The van der Waals surface area contributed by atoms with Gasteiger partial charge in [0.1, 0.15) is 0 Å². The molecule has 0 aliphatic heterocycles. The second-order valence-corrected chi connectivity index (χ2v) is 3.69. The summed E-state index contributed by atoms with van der Waals surface area (Å²) in [5, 5.41) is -0.836. The molecule has 0 spiro atoms. The smallest absolute Gasteiger partial charge is 0.282 e. The zero-order valence-corrected chi connectivity index (χ0v) is 5.84. The van der Waals surface area contributed by atoms with Gasteiger partial charge in [0.25, 0.3) is 5.28 Å². The lowest BCUT2D eigenvalue weighted by molar-refractivity contribution is 0.484.